The predicted molar refractivity (Wildman–Crippen MR) is 120 cm³/mol. The van der Waals surface area contributed by atoms with Crippen molar-refractivity contribution in [2.75, 3.05) is 0 Å². The molecule has 4 fully saturated rings. The molecule has 0 saturated heterocycles. The van der Waals surface area contributed by atoms with Crippen LogP contribution >= 0.6 is 11.6 Å². The van der Waals surface area contributed by atoms with Crippen LogP contribution in [0.5, 0.6) is 5.75 Å². The summed E-state index contributed by atoms with van der Waals surface area (Å²) in [6, 6.07) is 4.83. The van der Waals surface area contributed by atoms with E-state index in [0.717, 1.165) is 0 Å². The Morgan fingerprint density at radius 2 is 1.75 bits per heavy atom. The van der Waals surface area contributed by atoms with Crippen molar-refractivity contribution in [3.05, 3.63) is 28.8 Å². The molecule has 0 unspecified atom stereocenters. The fourth-order valence-electron chi connectivity index (χ4n) is 5.99. The van der Waals surface area contributed by atoms with Crippen LogP contribution in [0.3, 0.4) is 0 Å². The Morgan fingerprint density at radius 1 is 1.06 bits per heavy atom. The maximum absolute atomic E-state index is 13.1. The number of hydrogen-bond donors (Lipinski definition) is 4. The molecular weight excluding hydrogens is 505 g/mol. The number of nitrogens with one attached hydrogen (secondary N) is 2. The van der Waals surface area contributed by atoms with E-state index in [1.165, 1.54) is 0 Å². The molecule has 1 aromatic carbocycles. The zero-order valence-corrected chi connectivity index (χ0v) is 20.1. The van der Waals surface area contributed by atoms with Gasteiger partial charge in [-0.2, -0.15) is 0 Å². The van der Waals surface area contributed by atoms with E-state index >= 15 is 0 Å². The van der Waals surface area contributed by atoms with Gasteiger partial charge in [0.2, 0.25) is 5.91 Å². The Bertz CT molecular complexity index is 1040. The van der Waals surface area contributed by atoms with Gasteiger partial charge in [-0.15, -0.1) is 13.2 Å². The third kappa shape index (κ3) is 4.90. The lowest BCUT2D eigenvalue weighted by molar-refractivity contribution is -0.353. The van der Waals surface area contributed by atoms with Crippen LogP contribution in [0.25, 0.3) is 0 Å². The summed E-state index contributed by atoms with van der Waals surface area (Å²) in [7, 11) is 0. The summed E-state index contributed by atoms with van der Waals surface area (Å²) in [6.45, 7) is 0. The lowest BCUT2D eigenvalue weighted by atomic mass is 9.59. The number of alkyl halides is 3. The summed E-state index contributed by atoms with van der Waals surface area (Å²) in [6.07, 6.45) is -6.33. The van der Waals surface area contributed by atoms with Gasteiger partial charge >= 0.3 is 6.36 Å². The number of rotatable bonds is 5. The standard InChI is InChI=1S/C24H28ClF3N2O6/c25-13-1-2-17-15(9-13)16(31)10-18(35-17)21(34)29-22-3-5-23(6-4-22,19(32)11-22)30-20(33)12-7-14(8-12)36-24(26,27)28/h1-2,9,12,14,16,18-19,31-32H,3-8,10-11H2,(H,29,34)(H,30,33)/t12?,14?,16-,18-,19-,22?,23?/m0/s1. The van der Waals surface area contributed by atoms with Crippen molar-refractivity contribution in [3.8, 4) is 5.75 Å². The Morgan fingerprint density at radius 3 is 2.39 bits per heavy atom. The van der Waals surface area contributed by atoms with Gasteiger partial charge in [-0.3, -0.25) is 14.3 Å². The van der Waals surface area contributed by atoms with Crippen LogP contribution in [0.4, 0.5) is 13.2 Å². The SMILES string of the molecule is O=C(NC12CCC(NC(=O)[C@@H]3C[C@H](O)c4cc(Cl)ccc4O3)(CC1)C[C@@H]2O)C1CC(OC(F)(F)F)C1. The lowest BCUT2D eigenvalue weighted by Gasteiger charge is -2.57. The summed E-state index contributed by atoms with van der Waals surface area (Å²) in [5, 5.41) is 27.8. The van der Waals surface area contributed by atoms with Crippen molar-refractivity contribution < 1.29 is 42.4 Å². The van der Waals surface area contributed by atoms with E-state index in [-0.39, 0.29) is 37.5 Å². The van der Waals surface area contributed by atoms with Crippen LogP contribution in [-0.4, -0.2) is 57.8 Å². The van der Waals surface area contributed by atoms with E-state index < -0.39 is 47.8 Å². The van der Waals surface area contributed by atoms with Crippen LogP contribution in [0.1, 0.15) is 63.0 Å². The molecule has 36 heavy (non-hydrogen) atoms. The largest absolute Gasteiger partial charge is 0.522 e. The van der Waals surface area contributed by atoms with Crippen molar-refractivity contribution >= 4 is 23.4 Å². The van der Waals surface area contributed by atoms with Gasteiger partial charge in [-0.05, 0) is 63.1 Å². The minimum atomic E-state index is -4.72. The number of hydrogen-bond acceptors (Lipinski definition) is 6. The molecule has 1 aromatic rings. The van der Waals surface area contributed by atoms with Crippen LogP contribution in [0.15, 0.2) is 18.2 Å². The van der Waals surface area contributed by atoms with E-state index in [1.807, 2.05) is 0 Å². The molecule has 1 heterocycles. The fraction of sp³-hybridized carbons (Fsp3) is 0.667. The molecule has 0 radical (unpaired) electrons. The Labute approximate surface area is 210 Å². The van der Waals surface area contributed by atoms with Gasteiger partial charge in [0.05, 0.1) is 23.9 Å². The number of ether oxygens (including phenoxy) is 2. The third-order valence-electron chi connectivity index (χ3n) is 8.18. The maximum Gasteiger partial charge on any atom is 0.522 e. The zero-order chi connectivity index (χ0) is 25.9. The smallest absolute Gasteiger partial charge is 0.480 e. The third-order valence-corrected chi connectivity index (χ3v) is 8.41. The van der Waals surface area contributed by atoms with Crippen molar-refractivity contribution in [1.29, 1.82) is 0 Å². The molecule has 0 spiro atoms. The first-order chi connectivity index (χ1) is 16.9. The molecule has 4 aliphatic carbocycles. The highest BCUT2D eigenvalue weighted by atomic mass is 35.5. The molecule has 6 rings (SSSR count). The summed E-state index contributed by atoms with van der Waals surface area (Å²) in [4.78, 5) is 25.8. The van der Waals surface area contributed by atoms with Gasteiger partial charge in [0.1, 0.15) is 5.75 Å². The van der Waals surface area contributed by atoms with Crippen LogP contribution in [-0.2, 0) is 14.3 Å². The number of fused-ring (bicyclic) bond motifs is 4. The molecule has 5 aliphatic rings. The number of halogens is 4. The molecule has 8 nitrogen and oxygen atoms in total. The number of aliphatic hydroxyl groups is 2. The average Bonchev–Trinajstić information content (AvgIpc) is 2.77. The van der Waals surface area contributed by atoms with E-state index in [0.29, 0.717) is 42.0 Å². The van der Waals surface area contributed by atoms with Gasteiger partial charge in [0.25, 0.3) is 5.91 Å². The van der Waals surface area contributed by atoms with Gasteiger partial charge in [0.15, 0.2) is 6.10 Å². The number of amides is 2. The molecule has 4 N–H and O–H groups in total. The van der Waals surface area contributed by atoms with Gasteiger partial charge in [-0.1, -0.05) is 11.6 Å². The maximum atomic E-state index is 13.1. The second kappa shape index (κ2) is 9.04. The monoisotopic (exact) mass is 532 g/mol. The van der Waals surface area contributed by atoms with Crippen molar-refractivity contribution in [3.63, 3.8) is 0 Å². The lowest BCUT2D eigenvalue weighted by Crippen LogP contribution is -2.71. The second-order valence-electron chi connectivity index (χ2n) is 10.5. The molecule has 3 atom stereocenters. The van der Waals surface area contributed by atoms with Crippen molar-refractivity contribution in [2.24, 2.45) is 5.92 Å². The van der Waals surface area contributed by atoms with E-state index in [2.05, 4.69) is 15.4 Å². The average molecular weight is 533 g/mol. The topological polar surface area (TPSA) is 117 Å². The van der Waals surface area contributed by atoms with Crippen LogP contribution in [0.2, 0.25) is 5.02 Å². The fourth-order valence-corrected chi connectivity index (χ4v) is 6.18. The van der Waals surface area contributed by atoms with Crippen molar-refractivity contribution in [1.82, 2.24) is 10.6 Å². The van der Waals surface area contributed by atoms with E-state index in [1.54, 1.807) is 18.2 Å². The molecule has 0 aromatic heterocycles. The summed E-state index contributed by atoms with van der Waals surface area (Å²) < 4.78 is 46.8. The highest BCUT2D eigenvalue weighted by Gasteiger charge is 2.56. The molecule has 2 amide bonds. The van der Waals surface area contributed by atoms with E-state index in [9.17, 15) is 33.0 Å². The highest BCUT2D eigenvalue weighted by Crippen LogP contribution is 2.48. The first-order valence-electron chi connectivity index (χ1n) is 12.1. The first-order valence-corrected chi connectivity index (χ1v) is 12.5. The Balaban J connectivity index is 1.16. The number of carbonyl (C=O) groups excluding carboxylic acids is 2. The molecule has 2 bridgehead atoms. The molecular formula is C24H28ClF3N2O6. The molecule has 1 aliphatic heterocycles. The minimum Gasteiger partial charge on any atom is -0.480 e. The predicted octanol–water partition coefficient (Wildman–Crippen LogP) is 2.89. The Hall–Kier alpha value is -2.08. The highest BCUT2D eigenvalue weighted by molar-refractivity contribution is 6.30. The first kappa shape index (κ1) is 25.6. The van der Waals surface area contributed by atoms with Gasteiger partial charge in [-0.25, -0.2) is 0 Å². The number of aliphatic hydroxyl groups excluding tert-OH is 2. The summed E-state index contributed by atoms with van der Waals surface area (Å²) in [5.74, 6) is -0.952. The number of benzene rings is 1. The van der Waals surface area contributed by atoms with Crippen molar-refractivity contribution in [2.45, 2.75) is 93.2 Å². The summed E-state index contributed by atoms with van der Waals surface area (Å²) in [5.41, 5.74) is -1.01. The minimum absolute atomic E-state index is 0.0138. The molecule has 198 valence electrons. The zero-order valence-electron chi connectivity index (χ0n) is 19.3. The molecule has 4 saturated carbocycles. The van der Waals surface area contributed by atoms with Gasteiger partial charge < -0.3 is 25.6 Å². The molecule has 12 heteroatoms. The van der Waals surface area contributed by atoms with E-state index in [4.69, 9.17) is 16.3 Å². The summed E-state index contributed by atoms with van der Waals surface area (Å²) >= 11 is 5.98. The normalized spacial score (nSPS) is 37.3. The number of carbonyl (C=O) groups is 2. The quantitative estimate of drug-likeness (QED) is 0.463. The second-order valence-corrected chi connectivity index (χ2v) is 11.0. The van der Waals surface area contributed by atoms with Crippen LogP contribution < -0.4 is 15.4 Å². The Kier molecular flexibility index (Phi) is 6.42. The van der Waals surface area contributed by atoms with Gasteiger partial charge in [0, 0.05) is 28.5 Å². The van der Waals surface area contributed by atoms with Crippen LogP contribution in [0, 0.1) is 5.92 Å².